The number of oxime groups is 1. The van der Waals surface area contributed by atoms with Crippen LogP contribution in [0, 0.1) is 13.8 Å². The zero-order chi connectivity index (χ0) is 18.1. The molecule has 0 aliphatic carbocycles. The molecule has 0 radical (unpaired) electrons. The van der Waals surface area contributed by atoms with Gasteiger partial charge in [0, 0.05) is 6.20 Å². The summed E-state index contributed by atoms with van der Waals surface area (Å²) in [6.07, 6.45) is 7.31. The van der Waals surface area contributed by atoms with Crippen LogP contribution in [0.4, 0.5) is 0 Å². The molecule has 0 saturated heterocycles. The van der Waals surface area contributed by atoms with Crippen LogP contribution < -0.4 is 9.47 Å². The molecule has 0 amide bonds. The molecule has 0 fully saturated rings. The van der Waals surface area contributed by atoms with Gasteiger partial charge in [-0.3, -0.25) is 4.98 Å². The molecule has 2 aromatic rings. The fourth-order valence-corrected chi connectivity index (χ4v) is 2.38. The Morgan fingerprint density at radius 2 is 1.88 bits per heavy atom. The van der Waals surface area contributed by atoms with E-state index in [1.54, 1.807) is 12.4 Å². The lowest BCUT2D eigenvalue weighted by molar-refractivity contribution is 0.215. The maximum absolute atomic E-state index is 5.99. The molecule has 1 heterocycles. The normalized spacial score (nSPS) is 11.2. The molecule has 1 aromatic heterocycles. The summed E-state index contributed by atoms with van der Waals surface area (Å²) in [5, 5.41) is 3.76. The number of benzene rings is 1. The minimum atomic E-state index is 0.384. The van der Waals surface area contributed by atoms with E-state index in [0.29, 0.717) is 13.2 Å². The van der Waals surface area contributed by atoms with Gasteiger partial charge in [-0.15, -0.1) is 0 Å². The highest BCUT2D eigenvalue weighted by Gasteiger charge is 2.08. The summed E-state index contributed by atoms with van der Waals surface area (Å²) in [6, 6.07) is 7.75. The van der Waals surface area contributed by atoms with E-state index in [0.717, 1.165) is 33.9 Å². The molecular formula is C20H24N2O3. The van der Waals surface area contributed by atoms with E-state index in [1.165, 1.54) is 7.11 Å². The molecule has 2 rings (SSSR count). The number of allylic oxidation sites excluding steroid dienone is 1. The third kappa shape index (κ3) is 5.64. The zero-order valence-electron chi connectivity index (χ0n) is 15.2. The lowest BCUT2D eigenvalue weighted by Crippen LogP contribution is -2.02. The summed E-state index contributed by atoms with van der Waals surface area (Å²) >= 11 is 0. The minimum absolute atomic E-state index is 0.384. The molecule has 5 heteroatoms. The molecule has 0 N–H and O–H groups in total. The summed E-state index contributed by atoms with van der Waals surface area (Å²) in [7, 11) is 1.51. The monoisotopic (exact) mass is 340 g/mol. The third-order valence-corrected chi connectivity index (χ3v) is 3.53. The van der Waals surface area contributed by atoms with Gasteiger partial charge in [0.15, 0.2) is 0 Å². The highest BCUT2D eigenvalue weighted by molar-refractivity contribution is 5.78. The molecule has 0 bridgehead atoms. The number of rotatable bonds is 8. The van der Waals surface area contributed by atoms with E-state index in [2.05, 4.69) is 10.1 Å². The van der Waals surface area contributed by atoms with Crippen molar-refractivity contribution >= 4 is 6.21 Å². The third-order valence-electron chi connectivity index (χ3n) is 3.53. The van der Waals surface area contributed by atoms with Crippen LogP contribution in [0.15, 0.2) is 47.8 Å². The number of hydrogen-bond donors (Lipinski definition) is 0. The molecule has 132 valence electrons. The van der Waals surface area contributed by atoms with Gasteiger partial charge >= 0.3 is 0 Å². The quantitative estimate of drug-likeness (QED) is 0.410. The Hall–Kier alpha value is -2.82. The van der Waals surface area contributed by atoms with Gasteiger partial charge in [0.05, 0.1) is 11.9 Å². The second-order valence-electron chi connectivity index (χ2n) is 5.55. The van der Waals surface area contributed by atoms with E-state index in [-0.39, 0.29) is 0 Å². The smallest absolute Gasteiger partial charge is 0.130 e. The lowest BCUT2D eigenvalue weighted by Gasteiger charge is -2.14. The van der Waals surface area contributed by atoms with Crippen molar-refractivity contribution in [2.75, 3.05) is 13.7 Å². The van der Waals surface area contributed by atoms with E-state index >= 15 is 0 Å². The van der Waals surface area contributed by atoms with Crippen LogP contribution in [0.2, 0.25) is 0 Å². The Morgan fingerprint density at radius 1 is 1.12 bits per heavy atom. The zero-order valence-corrected chi connectivity index (χ0v) is 15.2. The molecule has 1 aromatic carbocycles. The molecular weight excluding hydrogens is 316 g/mol. The lowest BCUT2D eigenvalue weighted by atomic mass is 10.1. The SMILES string of the molecule is C/C=C/COc1cc(C)c(OCc2cc(/C=N\OC)ccn2)c(C)c1. The molecule has 5 nitrogen and oxygen atoms in total. The fourth-order valence-electron chi connectivity index (χ4n) is 2.38. The molecule has 0 atom stereocenters. The van der Waals surface area contributed by atoms with Crippen molar-refractivity contribution < 1.29 is 14.3 Å². The number of aryl methyl sites for hydroxylation is 2. The van der Waals surface area contributed by atoms with Crippen molar-refractivity contribution in [2.24, 2.45) is 5.16 Å². The standard InChI is InChI=1S/C20H24N2O3/c1-5-6-9-24-19-10-15(2)20(16(3)11-19)25-14-18-12-17(7-8-21-18)13-22-23-4/h5-8,10-13H,9,14H2,1-4H3/b6-5+,22-13-. The number of pyridine rings is 1. The summed E-state index contributed by atoms with van der Waals surface area (Å²) in [6.45, 7) is 6.95. The van der Waals surface area contributed by atoms with Gasteiger partial charge in [-0.1, -0.05) is 17.3 Å². The predicted octanol–water partition coefficient (Wildman–Crippen LogP) is 4.21. The summed E-state index contributed by atoms with van der Waals surface area (Å²) in [5.74, 6) is 1.70. The second-order valence-corrected chi connectivity index (χ2v) is 5.55. The van der Waals surface area contributed by atoms with Gasteiger partial charge in [-0.25, -0.2) is 0 Å². The molecule has 25 heavy (non-hydrogen) atoms. The van der Waals surface area contributed by atoms with Gasteiger partial charge in [-0.05, 0) is 61.7 Å². The van der Waals surface area contributed by atoms with E-state index < -0.39 is 0 Å². The maximum Gasteiger partial charge on any atom is 0.130 e. The number of hydrogen-bond acceptors (Lipinski definition) is 5. The van der Waals surface area contributed by atoms with Crippen molar-refractivity contribution in [2.45, 2.75) is 27.4 Å². The van der Waals surface area contributed by atoms with Crippen LogP contribution in [0.5, 0.6) is 11.5 Å². The predicted molar refractivity (Wildman–Crippen MR) is 99.4 cm³/mol. The Labute approximate surface area is 148 Å². The number of nitrogens with zero attached hydrogens (tertiary/aromatic N) is 2. The average Bonchev–Trinajstić information content (AvgIpc) is 2.60. The number of ether oxygens (including phenoxy) is 2. The summed E-state index contributed by atoms with van der Waals surface area (Å²) in [4.78, 5) is 9.02. The first kappa shape index (κ1) is 18.5. The highest BCUT2D eigenvalue weighted by Crippen LogP contribution is 2.29. The van der Waals surface area contributed by atoms with Crippen molar-refractivity contribution in [3.05, 3.63) is 65.0 Å². The maximum atomic E-state index is 5.99. The molecule has 0 aliphatic heterocycles. The van der Waals surface area contributed by atoms with Crippen LogP contribution in [-0.4, -0.2) is 24.9 Å². The summed E-state index contributed by atoms with van der Waals surface area (Å²) < 4.78 is 11.7. The molecule has 0 unspecified atom stereocenters. The first-order valence-corrected chi connectivity index (χ1v) is 8.13. The average molecular weight is 340 g/mol. The van der Waals surface area contributed by atoms with Gasteiger partial charge in [0.1, 0.15) is 31.8 Å². The van der Waals surface area contributed by atoms with Gasteiger partial charge in [-0.2, -0.15) is 0 Å². The van der Waals surface area contributed by atoms with Crippen LogP contribution in [0.3, 0.4) is 0 Å². The first-order chi connectivity index (χ1) is 12.1. The van der Waals surface area contributed by atoms with Crippen LogP contribution in [-0.2, 0) is 11.4 Å². The topological polar surface area (TPSA) is 52.9 Å². The van der Waals surface area contributed by atoms with Crippen LogP contribution in [0.25, 0.3) is 0 Å². The summed E-state index contributed by atoms with van der Waals surface area (Å²) in [5.41, 5.74) is 3.81. The Morgan fingerprint density at radius 3 is 2.56 bits per heavy atom. The van der Waals surface area contributed by atoms with E-state index in [4.69, 9.17) is 14.3 Å². The largest absolute Gasteiger partial charge is 0.490 e. The van der Waals surface area contributed by atoms with Gasteiger partial charge < -0.3 is 14.3 Å². The van der Waals surface area contributed by atoms with Crippen molar-refractivity contribution in [1.29, 1.82) is 0 Å². The van der Waals surface area contributed by atoms with Crippen LogP contribution in [0.1, 0.15) is 29.3 Å². The molecule has 0 saturated carbocycles. The van der Waals surface area contributed by atoms with Crippen molar-refractivity contribution in [3.63, 3.8) is 0 Å². The van der Waals surface area contributed by atoms with Crippen molar-refractivity contribution in [3.8, 4) is 11.5 Å². The fraction of sp³-hybridized carbons (Fsp3) is 0.300. The minimum Gasteiger partial charge on any atom is -0.490 e. The highest BCUT2D eigenvalue weighted by atomic mass is 16.6. The van der Waals surface area contributed by atoms with E-state index in [9.17, 15) is 0 Å². The Kier molecular flexibility index (Phi) is 7.01. The Balaban J connectivity index is 2.06. The molecule has 0 spiro atoms. The molecule has 0 aliphatic rings. The Bertz CT molecular complexity index is 731. The van der Waals surface area contributed by atoms with E-state index in [1.807, 2.05) is 57.2 Å². The van der Waals surface area contributed by atoms with Gasteiger partial charge in [0.2, 0.25) is 0 Å². The number of aromatic nitrogens is 1. The van der Waals surface area contributed by atoms with Gasteiger partial charge in [0.25, 0.3) is 0 Å². The second kappa shape index (κ2) is 9.47. The van der Waals surface area contributed by atoms with Crippen molar-refractivity contribution in [1.82, 2.24) is 4.98 Å². The first-order valence-electron chi connectivity index (χ1n) is 8.13. The van der Waals surface area contributed by atoms with Crippen LogP contribution >= 0.6 is 0 Å².